The lowest BCUT2D eigenvalue weighted by Gasteiger charge is -2.31. The Morgan fingerprint density at radius 2 is 2.12 bits per heavy atom. The molecule has 1 spiro atoms. The van der Waals surface area contributed by atoms with Crippen LogP contribution in [0.4, 0.5) is 0 Å². The van der Waals surface area contributed by atoms with Crippen LogP contribution in [0, 0.1) is 0 Å². The van der Waals surface area contributed by atoms with E-state index in [1.165, 1.54) is 32.1 Å². The van der Waals surface area contributed by atoms with Crippen LogP contribution in [0.2, 0.25) is 5.02 Å². The largest absolute Gasteiger partial charge is 0.496 e. The van der Waals surface area contributed by atoms with E-state index < -0.39 is 0 Å². The van der Waals surface area contributed by atoms with Gasteiger partial charge in [0, 0.05) is 22.9 Å². The highest BCUT2D eigenvalue weighted by molar-refractivity contribution is 8.15. The first kappa shape index (κ1) is 19.6. The number of unbranched alkanes of at least 4 members (excludes halogenated alkanes) is 1. The average Bonchev–Trinajstić information content (AvgIpc) is 2.96. The number of benzene rings is 1. The molecule has 1 heterocycles. The molecule has 26 heavy (non-hydrogen) atoms. The number of methoxy groups -OCH3 is 1. The minimum absolute atomic E-state index is 0.240. The number of thioether (sulfide) groups is 1. The Hall–Kier alpha value is -1.20. The van der Waals surface area contributed by atoms with E-state index in [2.05, 4.69) is 16.8 Å². The molecule has 1 aliphatic carbocycles. The number of rotatable bonds is 5. The Kier molecular flexibility index (Phi) is 6.51. The van der Waals surface area contributed by atoms with Gasteiger partial charge in [-0.05, 0) is 37.5 Å². The highest BCUT2D eigenvalue weighted by atomic mass is 35.5. The zero-order valence-corrected chi connectivity index (χ0v) is 17.2. The second kappa shape index (κ2) is 8.66. The highest BCUT2D eigenvalue weighted by Gasteiger charge is 2.43. The molecule has 2 aliphatic rings. The predicted molar refractivity (Wildman–Crippen MR) is 110 cm³/mol. The topological polar surface area (TPSA) is 41.9 Å². The van der Waals surface area contributed by atoms with Crippen molar-refractivity contribution in [1.82, 2.24) is 4.90 Å². The van der Waals surface area contributed by atoms with Gasteiger partial charge in [0.15, 0.2) is 5.17 Å². The van der Waals surface area contributed by atoms with Crippen LogP contribution in [0.15, 0.2) is 23.2 Å². The third-order valence-corrected chi connectivity index (χ3v) is 6.93. The molecule has 1 aromatic carbocycles. The number of amides is 1. The maximum atomic E-state index is 12.9. The zero-order valence-electron chi connectivity index (χ0n) is 15.6. The first-order chi connectivity index (χ1) is 12.6. The summed E-state index contributed by atoms with van der Waals surface area (Å²) in [6, 6.07) is 5.08. The maximum Gasteiger partial charge on any atom is 0.283 e. The lowest BCUT2D eigenvalue weighted by atomic mass is 9.88. The second-order valence-electron chi connectivity index (χ2n) is 7.16. The Labute approximate surface area is 165 Å². The number of aliphatic imine (C=N–C) groups is 1. The van der Waals surface area contributed by atoms with Gasteiger partial charge in [0.05, 0.1) is 12.7 Å². The van der Waals surface area contributed by atoms with Gasteiger partial charge in [-0.2, -0.15) is 4.99 Å². The van der Waals surface area contributed by atoms with E-state index in [1.807, 2.05) is 11.8 Å². The van der Waals surface area contributed by atoms with Gasteiger partial charge in [-0.3, -0.25) is 4.79 Å². The smallest absolute Gasteiger partial charge is 0.283 e. The lowest BCUT2D eigenvalue weighted by Crippen LogP contribution is -2.35. The van der Waals surface area contributed by atoms with E-state index in [-0.39, 0.29) is 10.7 Å². The van der Waals surface area contributed by atoms with E-state index >= 15 is 0 Å². The monoisotopic (exact) mass is 394 g/mol. The molecule has 0 radical (unpaired) electrons. The molecule has 1 saturated heterocycles. The van der Waals surface area contributed by atoms with Gasteiger partial charge >= 0.3 is 0 Å². The molecule has 0 unspecified atom stereocenters. The molecule has 0 atom stereocenters. The Bertz CT molecular complexity index is 686. The fraction of sp³-hybridized carbons (Fsp3) is 0.600. The molecule has 6 heteroatoms. The fourth-order valence-electron chi connectivity index (χ4n) is 3.77. The standard InChI is InChI=1S/C20H27ClN2O2S/c1-3-4-12-23-14-20(10-6-5-7-11-20)26-19(23)22-18(24)16-13-15(21)8-9-17(16)25-2/h8-9,13H,3-7,10-12,14H2,1-2H3/b22-19-. The predicted octanol–water partition coefficient (Wildman–Crippen LogP) is 5.40. The second-order valence-corrected chi connectivity index (χ2v) is 9.04. The van der Waals surface area contributed by atoms with Gasteiger partial charge in [0.2, 0.25) is 0 Å². The molecule has 142 valence electrons. The van der Waals surface area contributed by atoms with Crippen molar-refractivity contribution < 1.29 is 9.53 Å². The normalized spacial score (nSPS) is 20.7. The van der Waals surface area contributed by atoms with Crippen LogP contribution in [-0.2, 0) is 0 Å². The molecule has 4 nitrogen and oxygen atoms in total. The zero-order chi connectivity index (χ0) is 18.6. The number of nitrogens with zero attached hydrogens (tertiary/aromatic N) is 2. The van der Waals surface area contributed by atoms with Crippen LogP contribution in [0.25, 0.3) is 0 Å². The first-order valence-electron chi connectivity index (χ1n) is 9.47. The first-order valence-corrected chi connectivity index (χ1v) is 10.7. The van der Waals surface area contributed by atoms with Gasteiger partial charge in [-0.25, -0.2) is 0 Å². The van der Waals surface area contributed by atoms with Gasteiger partial charge in [0.25, 0.3) is 5.91 Å². The molecule has 1 aliphatic heterocycles. The van der Waals surface area contributed by atoms with Gasteiger partial charge < -0.3 is 9.64 Å². The Morgan fingerprint density at radius 3 is 2.81 bits per heavy atom. The van der Waals surface area contributed by atoms with Crippen LogP contribution in [-0.4, -0.2) is 40.9 Å². The van der Waals surface area contributed by atoms with E-state index in [9.17, 15) is 4.79 Å². The van der Waals surface area contributed by atoms with Crippen molar-refractivity contribution in [1.29, 1.82) is 0 Å². The van der Waals surface area contributed by atoms with Crippen LogP contribution < -0.4 is 4.74 Å². The van der Waals surface area contributed by atoms with Crippen LogP contribution >= 0.6 is 23.4 Å². The lowest BCUT2D eigenvalue weighted by molar-refractivity contribution is 0.0999. The van der Waals surface area contributed by atoms with Crippen molar-refractivity contribution in [3.63, 3.8) is 0 Å². The molecule has 0 bridgehead atoms. The minimum atomic E-state index is -0.277. The van der Waals surface area contributed by atoms with Gasteiger partial charge in [0.1, 0.15) is 5.75 Å². The van der Waals surface area contributed by atoms with E-state index in [1.54, 1.807) is 25.3 Å². The Balaban J connectivity index is 1.86. The average molecular weight is 395 g/mol. The summed E-state index contributed by atoms with van der Waals surface area (Å²) in [7, 11) is 1.56. The van der Waals surface area contributed by atoms with Crippen LogP contribution in [0.5, 0.6) is 5.75 Å². The summed E-state index contributed by atoms with van der Waals surface area (Å²) in [5, 5.41) is 1.38. The molecule has 3 rings (SSSR count). The third kappa shape index (κ3) is 4.37. The summed E-state index contributed by atoms with van der Waals surface area (Å²) in [5.74, 6) is 0.237. The van der Waals surface area contributed by atoms with E-state index in [0.717, 1.165) is 31.1 Å². The van der Waals surface area contributed by atoms with E-state index in [4.69, 9.17) is 16.3 Å². The van der Waals surface area contributed by atoms with Crippen molar-refractivity contribution in [2.75, 3.05) is 20.2 Å². The fourth-order valence-corrected chi connectivity index (χ4v) is 5.46. The molecule has 1 amide bonds. The van der Waals surface area contributed by atoms with E-state index in [0.29, 0.717) is 16.3 Å². The number of hydrogen-bond acceptors (Lipinski definition) is 3. The summed E-state index contributed by atoms with van der Waals surface area (Å²) in [4.78, 5) is 19.7. The van der Waals surface area contributed by atoms with Crippen molar-refractivity contribution in [3.05, 3.63) is 28.8 Å². The Morgan fingerprint density at radius 1 is 1.35 bits per heavy atom. The minimum Gasteiger partial charge on any atom is -0.496 e. The summed E-state index contributed by atoms with van der Waals surface area (Å²) in [6.07, 6.45) is 8.56. The maximum absolute atomic E-state index is 12.9. The summed E-state index contributed by atoms with van der Waals surface area (Å²) >= 11 is 7.89. The highest BCUT2D eigenvalue weighted by Crippen LogP contribution is 2.46. The van der Waals surface area contributed by atoms with Crippen molar-refractivity contribution in [3.8, 4) is 5.75 Å². The molecular formula is C20H27ClN2O2S. The third-order valence-electron chi connectivity index (χ3n) is 5.19. The van der Waals surface area contributed by atoms with Crippen LogP contribution in [0.3, 0.4) is 0 Å². The van der Waals surface area contributed by atoms with Gasteiger partial charge in [-0.1, -0.05) is 56.0 Å². The number of hydrogen-bond donors (Lipinski definition) is 0. The van der Waals surface area contributed by atoms with Crippen molar-refractivity contribution in [2.45, 2.75) is 56.6 Å². The number of carbonyl (C=O) groups excluding carboxylic acids is 1. The number of carbonyl (C=O) groups is 1. The number of amidine groups is 1. The molecule has 1 saturated carbocycles. The SMILES string of the molecule is CCCCN1CC2(CCCCC2)S/C1=N\C(=O)c1cc(Cl)ccc1OC. The quantitative estimate of drug-likeness (QED) is 0.670. The summed E-state index contributed by atoms with van der Waals surface area (Å²) in [5.41, 5.74) is 0.424. The summed E-state index contributed by atoms with van der Waals surface area (Å²) < 4.78 is 5.56. The summed E-state index contributed by atoms with van der Waals surface area (Å²) in [6.45, 7) is 4.17. The van der Waals surface area contributed by atoms with Gasteiger partial charge in [-0.15, -0.1) is 0 Å². The molecule has 2 fully saturated rings. The number of halogens is 1. The molecular weight excluding hydrogens is 368 g/mol. The van der Waals surface area contributed by atoms with Crippen molar-refractivity contribution >= 4 is 34.4 Å². The van der Waals surface area contributed by atoms with Crippen molar-refractivity contribution in [2.24, 2.45) is 4.99 Å². The molecule has 0 aromatic heterocycles. The number of ether oxygens (including phenoxy) is 1. The molecule has 1 aromatic rings. The molecule has 0 N–H and O–H groups in total. The van der Waals surface area contributed by atoms with Crippen LogP contribution in [0.1, 0.15) is 62.2 Å².